The van der Waals surface area contributed by atoms with E-state index in [0.29, 0.717) is 10.0 Å². The van der Waals surface area contributed by atoms with Gasteiger partial charge in [0, 0.05) is 30.4 Å². The lowest BCUT2D eigenvalue weighted by Crippen LogP contribution is -1.97. The van der Waals surface area contributed by atoms with E-state index in [1.165, 1.54) is 0 Å². The molecule has 3 nitrogen and oxygen atoms in total. The third-order valence-electron chi connectivity index (χ3n) is 2.97. The Morgan fingerprint density at radius 3 is 2.52 bits per heavy atom. The van der Waals surface area contributed by atoms with Gasteiger partial charge in [-0.3, -0.25) is 4.98 Å². The Morgan fingerprint density at radius 2 is 1.81 bits per heavy atom. The SMILES string of the molecule is Cl.Clc1ccc(-c2cncc(Cn3ccnc3)c2)cc1Cl. The van der Waals surface area contributed by atoms with Gasteiger partial charge in [0.15, 0.2) is 0 Å². The minimum atomic E-state index is 0. The molecular formula is C15H12Cl3N3. The van der Waals surface area contributed by atoms with Gasteiger partial charge in [-0.25, -0.2) is 4.98 Å². The van der Waals surface area contributed by atoms with Crippen LogP contribution in [0.3, 0.4) is 0 Å². The van der Waals surface area contributed by atoms with E-state index in [9.17, 15) is 0 Å². The van der Waals surface area contributed by atoms with E-state index in [1.807, 2.05) is 35.3 Å². The Hall–Kier alpha value is -1.55. The Kier molecular flexibility index (Phi) is 5.23. The van der Waals surface area contributed by atoms with E-state index in [4.69, 9.17) is 23.2 Å². The zero-order chi connectivity index (χ0) is 13.9. The number of halogens is 3. The fourth-order valence-corrected chi connectivity index (χ4v) is 2.30. The van der Waals surface area contributed by atoms with Crippen LogP contribution in [0.1, 0.15) is 5.56 Å². The smallest absolute Gasteiger partial charge is 0.0949 e. The van der Waals surface area contributed by atoms with Crippen molar-refractivity contribution in [1.29, 1.82) is 0 Å². The molecule has 0 atom stereocenters. The largest absolute Gasteiger partial charge is 0.333 e. The maximum Gasteiger partial charge on any atom is 0.0949 e. The van der Waals surface area contributed by atoms with Crippen LogP contribution >= 0.6 is 35.6 Å². The van der Waals surface area contributed by atoms with Crippen molar-refractivity contribution in [2.75, 3.05) is 0 Å². The lowest BCUT2D eigenvalue weighted by Gasteiger charge is -2.07. The number of pyridine rings is 1. The van der Waals surface area contributed by atoms with Crippen LogP contribution in [0.5, 0.6) is 0 Å². The molecule has 0 unspecified atom stereocenters. The van der Waals surface area contributed by atoms with Crippen LogP contribution in [0.15, 0.2) is 55.4 Å². The van der Waals surface area contributed by atoms with Crippen LogP contribution in [0, 0.1) is 0 Å². The summed E-state index contributed by atoms with van der Waals surface area (Å²) in [4.78, 5) is 8.31. The Morgan fingerprint density at radius 1 is 0.952 bits per heavy atom. The van der Waals surface area contributed by atoms with Gasteiger partial charge in [0.1, 0.15) is 0 Å². The fourth-order valence-electron chi connectivity index (χ4n) is 2.00. The van der Waals surface area contributed by atoms with E-state index in [1.54, 1.807) is 18.6 Å². The normalized spacial score (nSPS) is 10.2. The summed E-state index contributed by atoms with van der Waals surface area (Å²) < 4.78 is 2.00. The van der Waals surface area contributed by atoms with Crippen molar-refractivity contribution in [2.45, 2.75) is 6.54 Å². The molecule has 0 aliphatic heterocycles. The third kappa shape index (κ3) is 3.76. The zero-order valence-corrected chi connectivity index (χ0v) is 13.2. The molecule has 0 spiro atoms. The Balaban J connectivity index is 0.00000161. The lowest BCUT2D eigenvalue weighted by atomic mass is 10.1. The molecule has 2 aromatic heterocycles. The van der Waals surface area contributed by atoms with Crippen molar-refractivity contribution in [3.8, 4) is 11.1 Å². The van der Waals surface area contributed by atoms with Crippen LogP contribution in [0.4, 0.5) is 0 Å². The molecule has 0 bridgehead atoms. The number of imidazole rings is 1. The molecule has 0 amide bonds. The first-order valence-corrected chi connectivity index (χ1v) is 6.83. The predicted molar refractivity (Wildman–Crippen MR) is 88.3 cm³/mol. The van der Waals surface area contributed by atoms with Gasteiger partial charge in [-0.2, -0.15) is 0 Å². The highest BCUT2D eigenvalue weighted by Gasteiger charge is 2.04. The van der Waals surface area contributed by atoms with Crippen molar-refractivity contribution < 1.29 is 0 Å². The minimum Gasteiger partial charge on any atom is -0.333 e. The van der Waals surface area contributed by atoms with Crippen molar-refractivity contribution in [3.05, 3.63) is 71.0 Å². The fraction of sp³-hybridized carbons (Fsp3) is 0.0667. The average molecular weight is 341 g/mol. The summed E-state index contributed by atoms with van der Waals surface area (Å²) in [6, 6.07) is 7.67. The van der Waals surface area contributed by atoms with E-state index in [2.05, 4.69) is 16.0 Å². The van der Waals surface area contributed by atoms with Crippen LogP contribution in [-0.4, -0.2) is 14.5 Å². The topological polar surface area (TPSA) is 30.7 Å². The van der Waals surface area contributed by atoms with Gasteiger partial charge in [-0.15, -0.1) is 12.4 Å². The molecule has 0 saturated heterocycles. The van der Waals surface area contributed by atoms with Crippen LogP contribution < -0.4 is 0 Å². The summed E-state index contributed by atoms with van der Waals surface area (Å²) >= 11 is 12.0. The van der Waals surface area contributed by atoms with Crippen LogP contribution in [0.2, 0.25) is 10.0 Å². The molecule has 0 aliphatic carbocycles. The number of rotatable bonds is 3. The minimum absolute atomic E-state index is 0. The second-order valence-electron chi connectivity index (χ2n) is 4.45. The molecule has 3 rings (SSSR count). The highest BCUT2D eigenvalue weighted by atomic mass is 35.5. The van der Waals surface area contributed by atoms with E-state index in [-0.39, 0.29) is 12.4 Å². The molecule has 6 heteroatoms. The number of hydrogen-bond acceptors (Lipinski definition) is 2. The summed E-state index contributed by atoms with van der Waals surface area (Å²) in [5.74, 6) is 0. The van der Waals surface area contributed by atoms with Crippen LogP contribution in [0.25, 0.3) is 11.1 Å². The average Bonchev–Trinajstić information content (AvgIpc) is 2.95. The van der Waals surface area contributed by atoms with Crippen LogP contribution in [-0.2, 0) is 6.54 Å². The quantitative estimate of drug-likeness (QED) is 0.690. The van der Waals surface area contributed by atoms with Gasteiger partial charge in [0.2, 0.25) is 0 Å². The van der Waals surface area contributed by atoms with E-state index in [0.717, 1.165) is 23.2 Å². The van der Waals surface area contributed by atoms with Gasteiger partial charge in [0.05, 0.1) is 22.9 Å². The first-order chi connectivity index (χ1) is 9.72. The van der Waals surface area contributed by atoms with Gasteiger partial charge >= 0.3 is 0 Å². The monoisotopic (exact) mass is 339 g/mol. The summed E-state index contributed by atoms with van der Waals surface area (Å²) in [6.07, 6.45) is 9.13. The standard InChI is InChI=1S/C15H11Cl2N3.ClH/c16-14-2-1-12(6-15(14)17)13-5-11(7-19-8-13)9-20-4-3-18-10-20;/h1-8,10H,9H2;1H. The maximum atomic E-state index is 6.05. The zero-order valence-electron chi connectivity index (χ0n) is 10.9. The van der Waals surface area contributed by atoms with E-state index >= 15 is 0 Å². The van der Waals surface area contributed by atoms with Crippen molar-refractivity contribution in [1.82, 2.24) is 14.5 Å². The highest BCUT2D eigenvalue weighted by molar-refractivity contribution is 6.42. The summed E-state index contributed by atoms with van der Waals surface area (Å²) in [7, 11) is 0. The summed E-state index contributed by atoms with van der Waals surface area (Å²) in [6.45, 7) is 0.738. The number of aromatic nitrogens is 3. The van der Waals surface area contributed by atoms with Crippen molar-refractivity contribution in [2.24, 2.45) is 0 Å². The molecule has 0 N–H and O–H groups in total. The Labute approximate surface area is 139 Å². The number of nitrogens with zero attached hydrogens (tertiary/aromatic N) is 3. The molecular weight excluding hydrogens is 329 g/mol. The van der Waals surface area contributed by atoms with Crippen molar-refractivity contribution >= 4 is 35.6 Å². The van der Waals surface area contributed by atoms with Gasteiger partial charge in [-0.05, 0) is 29.3 Å². The van der Waals surface area contributed by atoms with Gasteiger partial charge in [-0.1, -0.05) is 29.3 Å². The second kappa shape index (κ2) is 6.94. The van der Waals surface area contributed by atoms with E-state index < -0.39 is 0 Å². The molecule has 0 aliphatic rings. The molecule has 0 saturated carbocycles. The van der Waals surface area contributed by atoms with Gasteiger partial charge < -0.3 is 4.57 Å². The molecule has 2 heterocycles. The molecule has 3 aromatic rings. The number of benzene rings is 1. The van der Waals surface area contributed by atoms with Crippen molar-refractivity contribution in [3.63, 3.8) is 0 Å². The highest BCUT2D eigenvalue weighted by Crippen LogP contribution is 2.28. The lowest BCUT2D eigenvalue weighted by molar-refractivity contribution is 0.793. The first-order valence-electron chi connectivity index (χ1n) is 6.07. The second-order valence-corrected chi connectivity index (χ2v) is 5.26. The molecule has 21 heavy (non-hydrogen) atoms. The Bertz CT molecular complexity index is 727. The first kappa shape index (κ1) is 15.8. The third-order valence-corrected chi connectivity index (χ3v) is 3.71. The maximum absolute atomic E-state index is 6.05. The number of hydrogen-bond donors (Lipinski definition) is 0. The molecule has 1 aromatic carbocycles. The predicted octanol–water partition coefficient (Wildman–Crippen LogP) is 4.72. The molecule has 108 valence electrons. The van der Waals surface area contributed by atoms with Gasteiger partial charge in [0.25, 0.3) is 0 Å². The molecule has 0 radical (unpaired) electrons. The molecule has 0 fully saturated rings. The summed E-state index contributed by atoms with van der Waals surface area (Å²) in [5.41, 5.74) is 3.12. The summed E-state index contributed by atoms with van der Waals surface area (Å²) in [5, 5.41) is 1.10.